The summed E-state index contributed by atoms with van der Waals surface area (Å²) < 4.78 is 13.3. The Bertz CT molecular complexity index is 734. The van der Waals surface area contributed by atoms with E-state index in [1.807, 2.05) is 10.9 Å². The molecule has 1 aliphatic carbocycles. The predicted molar refractivity (Wildman–Crippen MR) is 106 cm³/mol. The maximum absolute atomic E-state index is 6.08. The monoisotopic (exact) mass is 392 g/mol. The van der Waals surface area contributed by atoms with Gasteiger partial charge in [-0.25, -0.2) is 15.0 Å². The molecule has 2 aliphatic rings. The standard InChI is InChI=1S/C18H28N6O2S/c19-27-25-10-14-8-9-15(26-14)24-12-22-16-17(20-11-21-18(16)24)23-13-6-4-2-1-3-5-7-13/h11-15H,1-10,19H2,(H,20,21,23). The largest absolute Gasteiger partial charge is 0.365 e. The molecule has 0 aromatic carbocycles. The molecule has 4 rings (SSSR count). The van der Waals surface area contributed by atoms with Gasteiger partial charge in [0.05, 0.1) is 31.3 Å². The first-order valence-corrected chi connectivity index (χ1v) is 10.7. The molecule has 9 heteroatoms. The van der Waals surface area contributed by atoms with E-state index in [1.165, 1.54) is 44.9 Å². The van der Waals surface area contributed by atoms with Crippen molar-refractivity contribution in [3.63, 3.8) is 0 Å². The Balaban J connectivity index is 1.48. The second-order valence-corrected chi connectivity index (χ2v) is 7.83. The lowest BCUT2D eigenvalue weighted by Crippen LogP contribution is -2.21. The van der Waals surface area contributed by atoms with Crippen molar-refractivity contribution in [1.82, 2.24) is 19.5 Å². The van der Waals surface area contributed by atoms with Gasteiger partial charge in [-0.15, -0.1) is 0 Å². The highest BCUT2D eigenvalue weighted by Gasteiger charge is 2.28. The molecule has 2 atom stereocenters. The van der Waals surface area contributed by atoms with E-state index in [0.29, 0.717) is 12.6 Å². The van der Waals surface area contributed by atoms with Crippen LogP contribution in [-0.4, -0.2) is 38.3 Å². The van der Waals surface area contributed by atoms with Crippen LogP contribution in [0.4, 0.5) is 5.82 Å². The van der Waals surface area contributed by atoms with Crippen molar-refractivity contribution in [3.05, 3.63) is 12.7 Å². The van der Waals surface area contributed by atoms with Crippen LogP contribution in [0, 0.1) is 0 Å². The summed E-state index contributed by atoms with van der Waals surface area (Å²) >= 11 is 0.883. The number of anilines is 1. The number of fused-ring (bicyclic) bond motifs is 1. The third-order valence-electron chi connectivity index (χ3n) is 5.52. The first kappa shape index (κ1) is 18.9. The van der Waals surface area contributed by atoms with E-state index in [1.54, 1.807) is 6.33 Å². The van der Waals surface area contributed by atoms with Gasteiger partial charge in [-0.05, 0) is 25.7 Å². The maximum atomic E-state index is 6.08. The molecule has 148 valence electrons. The highest BCUT2D eigenvalue weighted by molar-refractivity contribution is 7.92. The zero-order valence-corrected chi connectivity index (χ0v) is 16.4. The van der Waals surface area contributed by atoms with Gasteiger partial charge in [0.2, 0.25) is 0 Å². The van der Waals surface area contributed by atoms with Crippen molar-refractivity contribution in [3.8, 4) is 0 Å². The minimum atomic E-state index is -0.0736. The summed E-state index contributed by atoms with van der Waals surface area (Å²) in [7, 11) is 0. The summed E-state index contributed by atoms with van der Waals surface area (Å²) in [4.78, 5) is 13.5. The number of nitrogens with one attached hydrogen (secondary N) is 1. The fourth-order valence-corrected chi connectivity index (χ4v) is 4.32. The molecule has 0 radical (unpaired) electrons. The quantitative estimate of drug-likeness (QED) is 0.568. The van der Waals surface area contributed by atoms with Crippen LogP contribution in [-0.2, 0) is 8.92 Å². The number of imidazole rings is 1. The van der Waals surface area contributed by atoms with Gasteiger partial charge in [0, 0.05) is 6.04 Å². The maximum Gasteiger partial charge on any atom is 0.167 e. The molecular formula is C18H28N6O2S. The van der Waals surface area contributed by atoms with E-state index in [9.17, 15) is 0 Å². The highest BCUT2D eigenvalue weighted by Crippen LogP contribution is 2.32. The van der Waals surface area contributed by atoms with E-state index in [0.717, 1.165) is 42.1 Å². The summed E-state index contributed by atoms with van der Waals surface area (Å²) in [5.74, 6) is 0.835. The van der Waals surface area contributed by atoms with Crippen molar-refractivity contribution in [1.29, 1.82) is 0 Å². The number of nitrogens with two attached hydrogens (primary N) is 1. The van der Waals surface area contributed by atoms with Crippen LogP contribution in [0.1, 0.15) is 64.0 Å². The fraction of sp³-hybridized carbons (Fsp3) is 0.722. The molecule has 0 amide bonds. The molecular weight excluding hydrogens is 364 g/mol. The van der Waals surface area contributed by atoms with Gasteiger partial charge in [0.15, 0.2) is 17.0 Å². The topological polar surface area (TPSA) is 100 Å². The Hall–Kier alpha value is -1.42. The normalized spacial score (nSPS) is 24.8. The second kappa shape index (κ2) is 9.18. The molecule has 0 spiro atoms. The third kappa shape index (κ3) is 4.53. The van der Waals surface area contributed by atoms with Gasteiger partial charge in [-0.2, -0.15) is 0 Å². The van der Waals surface area contributed by atoms with E-state index >= 15 is 0 Å². The summed E-state index contributed by atoms with van der Waals surface area (Å²) in [6.45, 7) is 0.494. The van der Waals surface area contributed by atoms with Crippen LogP contribution in [0.5, 0.6) is 0 Å². The molecule has 2 unspecified atom stereocenters. The predicted octanol–water partition coefficient (Wildman–Crippen LogP) is 3.57. The second-order valence-electron chi connectivity index (χ2n) is 7.40. The van der Waals surface area contributed by atoms with Gasteiger partial charge in [0.1, 0.15) is 12.6 Å². The number of nitrogens with zero attached hydrogens (tertiary/aromatic N) is 4. The SMILES string of the molecule is NSOCC1CCC(n2cnc3c(NC4CCCCCCC4)ncnc32)O1. The van der Waals surface area contributed by atoms with Crippen molar-refractivity contribution in [2.75, 3.05) is 11.9 Å². The highest BCUT2D eigenvalue weighted by atomic mass is 32.2. The van der Waals surface area contributed by atoms with Crippen molar-refractivity contribution >= 4 is 29.2 Å². The van der Waals surface area contributed by atoms with Crippen molar-refractivity contribution in [2.24, 2.45) is 5.14 Å². The number of aromatic nitrogens is 4. The summed E-state index contributed by atoms with van der Waals surface area (Å²) in [6, 6.07) is 0.464. The number of ether oxygens (including phenoxy) is 1. The molecule has 1 saturated heterocycles. The summed E-state index contributed by atoms with van der Waals surface area (Å²) in [6.07, 6.45) is 14.2. The van der Waals surface area contributed by atoms with E-state index in [4.69, 9.17) is 14.1 Å². The van der Waals surface area contributed by atoms with Crippen molar-refractivity contribution in [2.45, 2.75) is 76.2 Å². The Morgan fingerprint density at radius 1 is 1.11 bits per heavy atom. The van der Waals surface area contributed by atoms with E-state index in [2.05, 4.69) is 20.3 Å². The molecule has 0 bridgehead atoms. The Morgan fingerprint density at radius 2 is 1.93 bits per heavy atom. The summed E-state index contributed by atoms with van der Waals surface area (Å²) in [5, 5.41) is 8.95. The van der Waals surface area contributed by atoms with Crippen LogP contribution in [0.3, 0.4) is 0 Å². The lowest BCUT2D eigenvalue weighted by molar-refractivity contribution is -0.0128. The van der Waals surface area contributed by atoms with Crippen LogP contribution in [0.15, 0.2) is 12.7 Å². The third-order valence-corrected chi connectivity index (χ3v) is 5.79. The van der Waals surface area contributed by atoms with Gasteiger partial charge < -0.3 is 10.1 Å². The first-order chi connectivity index (χ1) is 13.3. The number of hydrogen-bond donors (Lipinski definition) is 2. The molecule has 2 fully saturated rings. The van der Waals surface area contributed by atoms with Crippen LogP contribution in [0.25, 0.3) is 11.2 Å². The minimum absolute atomic E-state index is 0.0536. The molecule has 1 aliphatic heterocycles. The molecule has 3 heterocycles. The smallest absolute Gasteiger partial charge is 0.167 e. The van der Waals surface area contributed by atoms with Gasteiger partial charge in [-0.1, -0.05) is 32.1 Å². The van der Waals surface area contributed by atoms with Gasteiger partial charge in [0.25, 0.3) is 0 Å². The summed E-state index contributed by atoms with van der Waals surface area (Å²) in [5.41, 5.74) is 1.64. The lowest BCUT2D eigenvalue weighted by Gasteiger charge is -2.21. The molecule has 3 N–H and O–H groups in total. The Labute approximate surface area is 164 Å². The Morgan fingerprint density at radius 3 is 2.74 bits per heavy atom. The van der Waals surface area contributed by atoms with E-state index in [-0.39, 0.29) is 12.3 Å². The molecule has 1 saturated carbocycles. The average molecular weight is 393 g/mol. The molecule has 27 heavy (non-hydrogen) atoms. The van der Waals surface area contributed by atoms with Crippen molar-refractivity contribution < 1.29 is 8.92 Å². The van der Waals surface area contributed by atoms with Gasteiger partial charge >= 0.3 is 0 Å². The zero-order chi connectivity index (χ0) is 18.5. The molecule has 2 aromatic heterocycles. The zero-order valence-electron chi connectivity index (χ0n) is 15.5. The van der Waals surface area contributed by atoms with Crippen LogP contribution < -0.4 is 10.5 Å². The average Bonchev–Trinajstić information content (AvgIpc) is 3.29. The lowest BCUT2D eigenvalue weighted by atomic mass is 9.97. The van der Waals surface area contributed by atoms with Crippen LogP contribution >= 0.6 is 12.2 Å². The van der Waals surface area contributed by atoms with Gasteiger partial charge in [-0.3, -0.25) is 13.9 Å². The Kier molecular flexibility index (Phi) is 6.43. The number of rotatable bonds is 6. The molecule has 2 aromatic rings. The van der Waals surface area contributed by atoms with E-state index < -0.39 is 0 Å². The fourth-order valence-electron chi connectivity index (χ4n) is 4.09. The number of hydrogen-bond acceptors (Lipinski definition) is 8. The van der Waals surface area contributed by atoms with Crippen LogP contribution in [0.2, 0.25) is 0 Å². The minimum Gasteiger partial charge on any atom is -0.365 e. The molecule has 8 nitrogen and oxygen atoms in total. The first-order valence-electron chi connectivity index (χ1n) is 9.93.